The highest BCUT2D eigenvalue weighted by Gasteiger charge is 2.39. The fourth-order valence-corrected chi connectivity index (χ4v) is 3.22. The molecule has 0 fully saturated rings. The van der Waals surface area contributed by atoms with E-state index in [-0.39, 0.29) is 27.5 Å². The first-order chi connectivity index (χ1) is 10.0. The van der Waals surface area contributed by atoms with E-state index in [1.165, 1.54) is 12.1 Å². The number of halogens is 1. The van der Waals surface area contributed by atoms with Crippen LogP contribution in [0, 0.1) is 0 Å². The zero-order chi connectivity index (χ0) is 15.1. The van der Waals surface area contributed by atoms with Crippen LogP contribution >= 0.6 is 23.8 Å². The highest BCUT2D eigenvalue weighted by molar-refractivity contribution is 7.80. The molecule has 0 saturated heterocycles. The largest absolute Gasteiger partial charge is 0.498 e. The van der Waals surface area contributed by atoms with Crippen LogP contribution in [-0.4, -0.2) is 22.0 Å². The molecule has 1 aliphatic heterocycles. The maximum absolute atomic E-state index is 12.4. The number of carbonyl (C=O) groups is 2. The van der Waals surface area contributed by atoms with Crippen molar-refractivity contribution in [1.29, 1.82) is 0 Å². The van der Waals surface area contributed by atoms with Gasteiger partial charge < -0.3 is 5.11 Å². The van der Waals surface area contributed by atoms with Gasteiger partial charge in [-0.25, -0.2) is 4.90 Å². The molecule has 2 aliphatic rings. The lowest BCUT2D eigenvalue weighted by Gasteiger charge is -2.16. The van der Waals surface area contributed by atoms with Gasteiger partial charge in [-0.05, 0) is 56.1 Å². The summed E-state index contributed by atoms with van der Waals surface area (Å²) >= 11 is 10.7. The van der Waals surface area contributed by atoms with Gasteiger partial charge in [0.25, 0.3) is 11.8 Å². The molecule has 3 rings (SSSR count). The van der Waals surface area contributed by atoms with Crippen molar-refractivity contribution in [2.75, 3.05) is 4.90 Å². The van der Waals surface area contributed by atoms with E-state index in [1.54, 1.807) is 6.07 Å². The van der Waals surface area contributed by atoms with Gasteiger partial charge in [-0.1, -0.05) is 11.6 Å². The highest BCUT2D eigenvalue weighted by Crippen LogP contribution is 2.36. The number of rotatable bonds is 2. The first-order valence-electron chi connectivity index (χ1n) is 6.64. The van der Waals surface area contributed by atoms with Crippen molar-refractivity contribution in [3.8, 4) is 0 Å². The molecule has 1 N–H and O–H groups in total. The summed E-state index contributed by atoms with van der Waals surface area (Å²) in [6, 6.07) is 4.57. The van der Waals surface area contributed by atoms with Crippen LogP contribution in [-0.2, 0) is 9.59 Å². The molecule has 4 nitrogen and oxygen atoms in total. The molecular formula is C15H12ClNO3S. The van der Waals surface area contributed by atoms with Crippen molar-refractivity contribution in [2.45, 2.75) is 25.7 Å². The second-order valence-electron chi connectivity index (χ2n) is 5.08. The topological polar surface area (TPSA) is 57.6 Å². The molecule has 0 spiro atoms. The van der Waals surface area contributed by atoms with Gasteiger partial charge in [0, 0.05) is 16.7 Å². The Morgan fingerprint density at radius 2 is 1.71 bits per heavy atom. The summed E-state index contributed by atoms with van der Waals surface area (Å²) < 4.78 is 0. The van der Waals surface area contributed by atoms with Gasteiger partial charge in [0.15, 0.2) is 5.05 Å². The number of aliphatic hydroxyl groups is 1. The summed E-state index contributed by atoms with van der Waals surface area (Å²) in [5.41, 5.74) is 1.87. The minimum absolute atomic E-state index is 0.245. The lowest BCUT2D eigenvalue weighted by atomic mass is 9.93. The molecule has 0 saturated carbocycles. The zero-order valence-electron chi connectivity index (χ0n) is 11.1. The average Bonchev–Trinajstić information content (AvgIpc) is 2.72. The SMILES string of the molecule is O=C1C2=C(CCCC2)C(=O)N1c1ccc(Cl)c(C(O)=S)c1. The second-order valence-corrected chi connectivity index (χ2v) is 5.87. The van der Waals surface area contributed by atoms with Gasteiger partial charge in [0.05, 0.1) is 10.7 Å². The van der Waals surface area contributed by atoms with E-state index in [0.29, 0.717) is 29.7 Å². The number of nitrogens with zero attached hydrogens (tertiary/aromatic N) is 1. The standard InChI is InChI=1S/C15H12ClNO3S/c16-12-6-5-8(7-11(12)15(20)21)17-13(18)9-3-1-2-4-10(9)14(17)19/h5-7H,1-4H2,(H,20,21). The quantitative estimate of drug-likeness (QED) is 0.670. The van der Waals surface area contributed by atoms with Gasteiger partial charge in [0.2, 0.25) is 0 Å². The monoisotopic (exact) mass is 321 g/mol. The Morgan fingerprint density at radius 1 is 1.14 bits per heavy atom. The van der Waals surface area contributed by atoms with E-state index >= 15 is 0 Å². The lowest BCUT2D eigenvalue weighted by molar-refractivity contribution is -0.120. The Bertz CT molecular complexity index is 683. The zero-order valence-corrected chi connectivity index (χ0v) is 12.6. The summed E-state index contributed by atoms with van der Waals surface area (Å²) in [5.74, 6) is -0.543. The van der Waals surface area contributed by atoms with E-state index in [2.05, 4.69) is 0 Å². The predicted octanol–water partition coefficient (Wildman–Crippen LogP) is 3.32. The number of anilines is 1. The first kappa shape index (κ1) is 14.2. The van der Waals surface area contributed by atoms with Crippen LogP contribution in [0.25, 0.3) is 0 Å². The number of amides is 2. The minimum Gasteiger partial charge on any atom is -0.498 e. The molecule has 0 bridgehead atoms. The molecule has 0 aromatic heterocycles. The summed E-state index contributed by atoms with van der Waals surface area (Å²) in [6.07, 6.45) is 3.15. The number of imide groups is 1. The number of benzene rings is 1. The summed E-state index contributed by atoms with van der Waals surface area (Å²) in [7, 11) is 0. The molecule has 6 heteroatoms. The highest BCUT2D eigenvalue weighted by atomic mass is 35.5. The van der Waals surface area contributed by atoms with Crippen molar-refractivity contribution >= 4 is 46.4 Å². The van der Waals surface area contributed by atoms with Gasteiger partial charge in [-0.15, -0.1) is 0 Å². The predicted molar refractivity (Wildman–Crippen MR) is 83.8 cm³/mol. The molecule has 0 atom stereocenters. The maximum Gasteiger partial charge on any atom is 0.261 e. The third-order valence-electron chi connectivity index (χ3n) is 3.83. The Kier molecular flexibility index (Phi) is 3.55. The van der Waals surface area contributed by atoms with Gasteiger partial charge in [-0.2, -0.15) is 0 Å². The van der Waals surface area contributed by atoms with Crippen molar-refractivity contribution in [3.05, 3.63) is 39.9 Å². The summed E-state index contributed by atoms with van der Waals surface area (Å²) in [5, 5.41) is 9.38. The second kappa shape index (κ2) is 5.24. The molecule has 21 heavy (non-hydrogen) atoms. The third-order valence-corrected chi connectivity index (χ3v) is 4.38. The smallest absolute Gasteiger partial charge is 0.261 e. The van der Waals surface area contributed by atoms with E-state index in [1.807, 2.05) is 0 Å². The van der Waals surface area contributed by atoms with Crippen LogP contribution in [0.5, 0.6) is 0 Å². The molecule has 108 valence electrons. The average molecular weight is 322 g/mol. The lowest BCUT2D eigenvalue weighted by Crippen LogP contribution is -2.31. The molecular weight excluding hydrogens is 310 g/mol. The van der Waals surface area contributed by atoms with E-state index in [4.69, 9.17) is 23.8 Å². The van der Waals surface area contributed by atoms with Crippen LogP contribution in [0.3, 0.4) is 0 Å². The van der Waals surface area contributed by atoms with Crippen LogP contribution in [0.1, 0.15) is 31.2 Å². The third kappa shape index (κ3) is 2.26. The van der Waals surface area contributed by atoms with Gasteiger partial charge in [0.1, 0.15) is 0 Å². The van der Waals surface area contributed by atoms with Gasteiger partial charge >= 0.3 is 0 Å². The maximum atomic E-state index is 12.4. The van der Waals surface area contributed by atoms with Crippen LogP contribution < -0.4 is 4.90 Å². The minimum atomic E-state index is -0.362. The Balaban J connectivity index is 2.03. The number of hydrogen-bond acceptors (Lipinski definition) is 3. The summed E-state index contributed by atoms with van der Waals surface area (Å²) in [4.78, 5) is 26.0. The summed E-state index contributed by atoms with van der Waals surface area (Å²) in [6.45, 7) is 0. The molecule has 0 unspecified atom stereocenters. The van der Waals surface area contributed by atoms with Gasteiger partial charge in [-0.3, -0.25) is 9.59 Å². The van der Waals surface area contributed by atoms with Crippen LogP contribution in [0.4, 0.5) is 5.69 Å². The molecule has 1 aliphatic carbocycles. The molecule has 0 radical (unpaired) electrons. The molecule has 1 aromatic carbocycles. The van der Waals surface area contributed by atoms with E-state index in [9.17, 15) is 14.7 Å². The van der Waals surface area contributed by atoms with Crippen molar-refractivity contribution in [1.82, 2.24) is 0 Å². The number of carbonyl (C=O) groups excluding carboxylic acids is 2. The van der Waals surface area contributed by atoms with Crippen molar-refractivity contribution in [2.24, 2.45) is 0 Å². The first-order valence-corrected chi connectivity index (χ1v) is 7.43. The molecule has 2 amide bonds. The molecule has 1 heterocycles. The van der Waals surface area contributed by atoms with Crippen LogP contribution in [0.2, 0.25) is 5.02 Å². The van der Waals surface area contributed by atoms with E-state index in [0.717, 1.165) is 17.7 Å². The van der Waals surface area contributed by atoms with Crippen LogP contribution in [0.15, 0.2) is 29.3 Å². The Morgan fingerprint density at radius 3 is 2.24 bits per heavy atom. The fourth-order valence-electron chi connectivity index (χ4n) is 2.79. The number of aliphatic hydroxyl groups excluding tert-OH is 1. The van der Waals surface area contributed by atoms with Crippen molar-refractivity contribution in [3.63, 3.8) is 0 Å². The number of thiocarbonyl (C=S) groups is 1. The van der Waals surface area contributed by atoms with Crippen molar-refractivity contribution < 1.29 is 14.7 Å². The normalized spacial score (nSPS) is 18.2. The fraction of sp³-hybridized carbons (Fsp3) is 0.267. The number of hydrogen-bond donors (Lipinski definition) is 1. The van der Waals surface area contributed by atoms with E-state index < -0.39 is 0 Å². The molecule has 1 aromatic rings. The Hall–Kier alpha value is -1.72. The Labute approximate surface area is 132 Å².